The Bertz CT molecular complexity index is 976. The molecule has 148 valence electrons. The molecule has 0 unspecified atom stereocenters. The van der Waals surface area contributed by atoms with Gasteiger partial charge in [0, 0.05) is 17.2 Å². The van der Waals surface area contributed by atoms with Crippen LogP contribution in [0.2, 0.25) is 0 Å². The number of carbonyl (C=O) groups is 1. The van der Waals surface area contributed by atoms with Crippen molar-refractivity contribution in [2.24, 2.45) is 4.99 Å². The van der Waals surface area contributed by atoms with Crippen molar-refractivity contribution in [2.75, 3.05) is 13.2 Å². The van der Waals surface area contributed by atoms with Gasteiger partial charge in [-0.3, -0.25) is 9.79 Å². The van der Waals surface area contributed by atoms with E-state index in [1.54, 1.807) is 42.6 Å². The minimum absolute atomic E-state index is 0.0493. The Labute approximate surface area is 177 Å². The van der Waals surface area contributed by atoms with Gasteiger partial charge in [-0.2, -0.15) is 0 Å². The molecule has 0 heterocycles. The van der Waals surface area contributed by atoms with Crippen LogP contribution in [0.3, 0.4) is 0 Å². The number of amides is 1. The van der Waals surface area contributed by atoms with E-state index < -0.39 is 5.82 Å². The predicted octanol–water partition coefficient (Wildman–Crippen LogP) is 5.08. The number of benzene rings is 3. The van der Waals surface area contributed by atoms with Crippen LogP contribution in [0.4, 0.5) is 10.1 Å². The van der Waals surface area contributed by atoms with Crippen molar-refractivity contribution in [1.29, 1.82) is 0 Å². The number of hydrogen-bond acceptors (Lipinski definition) is 3. The van der Waals surface area contributed by atoms with Gasteiger partial charge in [0.25, 0.3) is 5.91 Å². The van der Waals surface area contributed by atoms with E-state index in [9.17, 15) is 9.18 Å². The summed E-state index contributed by atoms with van der Waals surface area (Å²) in [5.74, 6) is 0.0151. The highest BCUT2D eigenvalue weighted by Crippen LogP contribution is 2.22. The Morgan fingerprint density at radius 1 is 1.07 bits per heavy atom. The summed E-state index contributed by atoms with van der Waals surface area (Å²) in [6.07, 6.45) is 2.35. The van der Waals surface area contributed by atoms with Gasteiger partial charge in [0.2, 0.25) is 0 Å². The summed E-state index contributed by atoms with van der Waals surface area (Å²) in [7, 11) is 0. The van der Waals surface area contributed by atoms with E-state index >= 15 is 0 Å². The van der Waals surface area contributed by atoms with Crippen molar-refractivity contribution in [3.8, 4) is 5.75 Å². The molecule has 1 amide bonds. The molecule has 0 radical (unpaired) electrons. The molecule has 1 N–H and O–H groups in total. The Morgan fingerprint density at radius 3 is 2.55 bits per heavy atom. The Morgan fingerprint density at radius 2 is 1.83 bits per heavy atom. The van der Waals surface area contributed by atoms with Crippen molar-refractivity contribution >= 4 is 33.7 Å². The standard InChI is InChI=1S/C23H20BrFN2O2/c24-19-8-11-22(21(25)14-19)27-15-18-6-9-20(10-7-18)29-16-23(28)26-13-12-17-4-2-1-3-5-17/h1-11,14-15H,12-13,16H2,(H,26,28). The first-order chi connectivity index (χ1) is 14.1. The number of rotatable bonds is 8. The van der Waals surface area contributed by atoms with Crippen molar-refractivity contribution in [3.05, 3.63) is 94.2 Å². The second kappa shape index (κ2) is 10.5. The molecule has 0 saturated heterocycles. The monoisotopic (exact) mass is 454 g/mol. The Hall–Kier alpha value is -2.99. The average Bonchev–Trinajstić information content (AvgIpc) is 2.73. The third-order valence-corrected chi connectivity index (χ3v) is 4.58. The second-order valence-corrected chi connectivity index (χ2v) is 7.21. The maximum absolute atomic E-state index is 13.8. The van der Waals surface area contributed by atoms with Crippen LogP contribution in [0.15, 0.2) is 82.3 Å². The third-order valence-electron chi connectivity index (χ3n) is 4.09. The van der Waals surface area contributed by atoms with Gasteiger partial charge < -0.3 is 10.1 Å². The summed E-state index contributed by atoms with van der Waals surface area (Å²) < 4.78 is 19.9. The van der Waals surface area contributed by atoms with E-state index in [2.05, 4.69) is 26.2 Å². The smallest absolute Gasteiger partial charge is 0.257 e. The van der Waals surface area contributed by atoms with Crippen LogP contribution in [0.5, 0.6) is 5.75 Å². The molecule has 0 aliphatic heterocycles. The highest BCUT2D eigenvalue weighted by Gasteiger charge is 2.03. The number of aliphatic imine (C=N–C) groups is 1. The Kier molecular flexibility index (Phi) is 7.53. The van der Waals surface area contributed by atoms with Crippen LogP contribution in [-0.2, 0) is 11.2 Å². The van der Waals surface area contributed by atoms with Gasteiger partial charge in [0.1, 0.15) is 11.6 Å². The van der Waals surface area contributed by atoms with Gasteiger partial charge in [-0.1, -0.05) is 46.3 Å². The second-order valence-electron chi connectivity index (χ2n) is 6.30. The van der Waals surface area contributed by atoms with Crippen LogP contribution in [0, 0.1) is 5.82 Å². The van der Waals surface area contributed by atoms with Gasteiger partial charge in [0.05, 0.1) is 5.69 Å². The lowest BCUT2D eigenvalue weighted by molar-refractivity contribution is -0.123. The lowest BCUT2D eigenvalue weighted by Crippen LogP contribution is -2.30. The van der Waals surface area contributed by atoms with Crippen molar-refractivity contribution in [1.82, 2.24) is 5.32 Å². The van der Waals surface area contributed by atoms with E-state index in [0.29, 0.717) is 16.8 Å². The minimum atomic E-state index is -0.395. The van der Waals surface area contributed by atoms with E-state index in [0.717, 1.165) is 12.0 Å². The van der Waals surface area contributed by atoms with E-state index in [1.807, 2.05) is 30.3 Å². The molecule has 4 nitrogen and oxygen atoms in total. The molecule has 0 aromatic heterocycles. The molecule has 0 spiro atoms. The predicted molar refractivity (Wildman–Crippen MR) is 116 cm³/mol. The van der Waals surface area contributed by atoms with Gasteiger partial charge in [-0.25, -0.2) is 4.39 Å². The summed E-state index contributed by atoms with van der Waals surface area (Å²) in [6, 6.07) is 21.8. The first kappa shape index (κ1) is 20.7. The normalized spacial score (nSPS) is 10.8. The Balaban J connectivity index is 1.44. The van der Waals surface area contributed by atoms with Crippen LogP contribution in [-0.4, -0.2) is 25.3 Å². The molecule has 0 atom stereocenters. The molecule has 6 heteroatoms. The van der Waals surface area contributed by atoms with Crippen LogP contribution in [0.25, 0.3) is 0 Å². The molecule has 3 rings (SSSR count). The van der Waals surface area contributed by atoms with Crippen molar-refractivity contribution in [3.63, 3.8) is 0 Å². The summed E-state index contributed by atoms with van der Waals surface area (Å²) in [5, 5.41) is 2.84. The van der Waals surface area contributed by atoms with Crippen LogP contribution in [0.1, 0.15) is 11.1 Å². The molecule has 0 saturated carbocycles. The maximum atomic E-state index is 13.8. The van der Waals surface area contributed by atoms with E-state index in [4.69, 9.17) is 4.74 Å². The van der Waals surface area contributed by atoms with Crippen molar-refractivity contribution < 1.29 is 13.9 Å². The largest absolute Gasteiger partial charge is 0.484 e. The third kappa shape index (κ3) is 6.84. The lowest BCUT2D eigenvalue weighted by Gasteiger charge is -2.08. The summed E-state index contributed by atoms with van der Waals surface area (Å²) in [5.41, 5.74) is 2.24. The SMILES string of the molecule is O=C(COc1ccc(C=Nc2ccc(Br)cc2F)cc1)NCCc1ccccc1. The fourth-order valence-electron chi connectivity index (χ4n) is 2.57. The van der Waals surface area contributed by atoms with Crippen LogP contribution >= 0.6 is 15.9 Å². The summed E-state index contributed by atoms with van der Waals surface area (Å²) in [4.78, 5) is 16.0. The highest BCUT2D eigenvalue weighted by molar-refractivity contribution is 9.10. The number of hydrogen-bond donors (Lipinski definition) is 1. The summed E-state index contributed by atoms with van der Waals surface area (Å²) in [6.45, 7) is 0.514. The molecule has 0 fully saturated rings. The maximum Gasteiger partial charge on any atom is 0.257 e. The first-order valence-corrected chi connectivity index (χ1v) is 9.92. The van der Waals surface area contributed by atoms with E-state index in [1.165, 1.54) is 11.6 Å². The molecule has 3 aromatic rings. The summed E-state index contributed by atoms with van der Waals surface area (Å²) >= 11 is 3.22. The van der Waals surface area contributed by atoms with Crippen molar-refractivity contribution in [2.45, 2.75) is 6.42 Å². The van der Waals surface area contributed by atoms with Gasteiger partial charge in [-0.05, 0) is 60.0 Å². The van der Waals surface area contributed by atoms with Crippen LogP contribution < -0.4 is 10.1 Å². The lowest BCUT2D eigenvalue weighted by atomic mass is 10.1. The van der Waals surface area contributed by atoms with Gasteiger partial charge >= 0.3 is 0 Å². The number of ether oxygens (including phenoxy) is 1. The zero-order valence-corrected chi connectivity index (χ0v) is 17.2. The number of halogens is 2. The minimum Gasteiger partial charge on any atom is -0.484 e. The fraction of sp³-hybridized carbons (Fsp3) is 0.130. The highest BCUT2D eigenvalue weighted by atomic mass is 79.9. The molecule has 0 aliphatic carbocycles. The van der Waals surface area contributed by atoms with Gasteiger partial charge in [0.15, 0.2) is 6.61 Å². The average molecular weight is 455 g/mol. The molecule has 3 aromatic carbocycles. The zero-order valence-electron chi connectivity index (χ0n) is 15.6. The fourth-order valence-corrected chi connectivity index (χ4v) is 2.90. The molecule has 0 bridgehead atoms. The number of nitrogens with zero attached hydrogens (tertiary/aromatic N) is 1. The molecule has 29 heavy (non-hydrogen) atoms. The quantitative estimate of drug-likeness (QED) is 0.482. The topological polar surface area (TPSA) is 50.7 Å². The number of carbonyl (C=O) groups excluding carboxylic acids is 1. The molecule has 0 aliphatic rings. The molecular weight excluding hydrogens is 435 g/mol. The molecular formula is C23H20BrFN2O2. The van der Waals surface area contributed by atoms with Gasteiger partial charge in [-0.15, -0.1) is 0 Å². The van der Waals surface area contributed by atoms with E-state index in [-0.39, 0.29) is 18.2 Å². The first-order valence-electron chi connectivity index (χ1n) is 9.13. The number of nitrogens with one attached hydrogen (secondary N) is 1. The zero-order chi connectivity index (χ0) is 20.5.